The van der Waals surface area contributed by atoms with Gasteiger partial charge >= 0.3 is 0 Å². The van der Waals surface area contributed by atoms with Crippen LogP contribution in [0.3, 0.4) is 0 Å². The predicted molar refractivity (Wildman–Crippen MR) is 194 cm³/mol. The summed E-state index contributed by atoms with van der Waals surface area (Å²) < 4.78 is 157. The highest BCUT2D eigenvalue weighted by Crippen LogP contribution is 2.42. The van der Waals surface area contributed by atoms with Crippen molar-refractivity contribution in [2.45, 2.75) is 6.42 Å². The summed E-state index contributed by atoms with van der Waals surface area (Å²) in [5, 5.41) is 0.0470. The van der Waals surface area contributed by atoms with Gasteiger partial charge < -0.3 is 4.42 Å². The van der Waals surface area contributed by atoms with E-state index in [1.807, 2.05) is 48.5 Å². The summed E-state index contributed by atoms with van der Waals surface area (Å²) in [7, 11) is 0. The monoisotopic (exact) mass is 603 g/mol. The normalized spacial score (nSPS) is 16.7. The average Bonchev–Trinajstić information content (AvgIpc) is 3.66. The summed E-state index contributed by atoms with van der Waals surface area (Å²) in [6.45, 7) is 0. The fraction of sp³-hybridized carbons (Fsp3) is 0.0222. The van der Waals surface area contributed by atoms with Crippen LogP contribution < -0.4 is 0 Å². The Morgan fingerprint density at radius 2 is 1.11 bits per heavy atom. The molecule has 0 spiro atoms. The zero-order chi connectivity index (χ0) is 45.2. The van der Waals surface area contributed by atoms with Gasteiger partial charge in [0.05, 0.1) is 23.3 Å². The minimum Gasteiger partial charge on any atom is -0.456 e. The Morgan fingerprint density at radius 3 is 1.83 bits per heavy atom. The van der Waals surface area contributed by atoms with Gasteiger partial charge in [0, 0.05) is 10.8 Å². The first-order valence-electron chi connectivity index (χ1n) is 23.0. The molecule has 1 nitrogen and oxygen atoms in total. The zero-order valence-electron chi connectivity index (χ0n) is 41.0. The van der Waals surface area contributed by atoms with Crippen molar-refractivity contribution in [1.82, 2.24) is 0 Å². The topological polar surface area (TPSA) is 13.1 Å². The molecule has 0 aliphatic rings. The molecule has 0 unspecified atom stereocenters. The van der Waals surface area contributed by atoms with Gasteiger partial charge in [0.15, 0.2) is 0 Å². The summed E-state index contributed by atoms with van der Waals surface area (Å²) in [6, 6.07) is 8.64. The lowest BCUT2D eigenvalue weighted by Crippen LogP contribution is -1.95. The summed E-state index contributed by atoms with van der Waals surface area (Å²) in [6.07, 6.45) is -0.655. The quantitative estimate of drug-likeness (QED) is 0.178. The first-order valence-corrected chi connectivity index (χ1v) is 14.5. The highest BCUT2D eigenvalue weighted by atomic mass is 16.3. The molecular formula is C45H30O. The van der Waals surface area contributed by atoms with Crippen molar-refractivity contribution >= 4 is 43.5 Å². The van der Waals surface area contributed by atoms with Crippen LogP contribution in [0.15, 0.2) is 174 Å². The highest BCUT2D eigenvalue weighted by molar-refractivity contribution is 6.15. The number of furan rings is 1. The van der Waals surface area contributed by atoms with Crippen molar-refractivity contribution in [3.05, 3.63) is 181 Å². The lowest BCUT2D eigenvalue weighted by atomic mass is 9.86. The molecule has 9 rings (SSSR count). The molecule has 0 aliphatic carbocycles. The average molecular weight is 604 g/mol. The van der Waals surface area contributed by atoms with Crippen LogP contribution in [0.5, 0.6) is 0 Å². The van der Waals surface area contributed by atoms with E-state index in [2.05, 4.69) is 0 Å². The standard InChI is InChI=1S/C45H30O/c1-3-12-30(13-4-1)28-41-36-16-7-9-18-38(36)44(39-19-10-8-17-37(39)41)33-24-22-31(23-25-33)34-26-27-40-43(29-34)46-42-21-11-20-35(45(40)42)32-14-5-2-6-15-32/h1-27,29H,28H2/i1D,3D,4D,7D,8D,9D,10D,12D,13D,16D,17D,18D,19D,22D,23D,24D,25D. The molecule has 0 bridgehead atoms. The fourth-order valence-electron chi connectivity index (χ4n) is 6.09. The van der Waals surface area contributed by atoms with Crippen molar-refractivity contribution in [2.24, 2.45) is 0 Å². The van der Waals surface area contributed by atoms with Gasteiger partial charge in [-0.05, 0) is 90.7 Å². The van der Waals surface area contributed by atoms with E-state index in [1.165, 1.54) is 0 Å². The molecule has 1 heteroatoms. The van der Waals surface area contributed by atoms with Gasteiger partial charge in [-0.15, -0.1) is 0 Å². The Morgan fingerprint density at radius 1 is 0.457 bits per heavy atom. The molecule has 0 amide bonds. The van der Waals surface area contributed by atoms with Crippen molar-refractivity contribution in [2.75, 3.05) is 0 Å². The number of hydrogen-bond acceptors (Lipinski definition) is 1. The summed E-state index contributed by atoms with van der Waals surface area (Å²) in [4.78, 5) is 0. The fourth-order valence-corrected chi connectivity index (χ4v) is 6.09. The van der Waals surface area contributed by atoms with Gasteiger partial charge in [-0.2, -0.15) is 0 Å². The summed E-state index contributed by atoms with van der Waals surface area (Å²) in [5.41, 5.74) is 1.54. The highest BCUT2D eigenvalue weighted by Gasteiger charge is 2.17. The van der Waals surface area contributed by atoms with Crippen molar-refractivity contribution in [3.8, 4) is 33.4 Å². The van der Waals surface area contributed by atoms with Crippen molar-refractivity contribution < 1.29 is 27.7 Å². The zero-order valence-corrected chi connectivity index (χ0v) is 24.0. The maximum Gasteiger partial charge on any atom is 0.136 e. The molecule has 0 aliphatic heterocycles. The van der Waals surface area contributed by atoms with Gasteiger partial charge in [0.1, 0.15) is 11.2 Å². The van der Waals surface area contributed by atoms with Gasteiger partial charge in [-0.1, -0.05) is 151 Å². The second-order valence-corrected chi connectivity index (χ2v) is 10.7. The molecule has 0 radical (unpaired) electrons. The second-order valence-electron chi connectivity index (χ2n) is 10.7. The molecule has 0 N–H and O–H groups in total. The van der Waals surface area contributed by atoms with Crippen LogP contribution in [0.1, 0.15) is 34.4 Å². The maximum atomic E-state index is 9.47. The smallest absolute Gasteiger partial charge is 0.136 e. The first kappa shape index (κ1) is 14.5. The second kappa shape index (κ2) is 10.9. The lowest BCUT2D eigenvalue weighted by molar-refractivity contribution is 0.669. The molecule has 9 aromatic rings. The van der Waals surface area contributed by atoms with Crippen molar-refractivity contribution in [3.63, 3.8) is 0 Å². The van der Waals surface area contributed by atoms with Gasteiger partial charge in [-0.3, -0.25) is 0 Å². The Bertz CT molecular complexity index is 3370. The third-order valence-electron chi connectivity index (χ3n) is 8.13. The number of fused-ring (bicyclic) bond motifs is 5. The molecular weight excluding hydrogens is 556 g/mol. The SMILES string of the molecule is [2H]c1c([2H])c([2H])c(Cc2c3c([2H])c([2H])c([2H])c([2H])c3c(-c3c([2H])c([2H])c(-c4ccc5c(c4)oc4cccc(-c6ccccc6)c45)c([2H])c3[2H])c3c([2H])c([2H])c([2H])c([2H])c23)c([2H])c1[2H]. The van der Waals surface area contributed by atoms with Crippen LogP contribution in [-0.4, -0.2) is 0 Å². The Kier molecular flexibility index (Phi) is 3.43. The summed E-state index contributed by atoms with van der Waals surface area (Å²) in [5.74, 6) is 0. The minimum absolute atomic E-state index is 0.130. The third-order valence-corrected chi connectivity index (χ3v) is 8.13. The van der Waals surface area contributed by atoms with Crippen LogP contribution in [0.4, 0.5) is 0 Å². The number of hydrogen-bond donors (Lipinski definition) is 0. The van der Waals surface area contributed by atoms with E-state index in [0.29, 0.717) is 11.2 Å². The first-order chi connectivity index (χ1) is 29.9. The summed E-state index contributed by atoms with van der Waals surface area (Å²) >= 11 is 0. The molecule has 1 heterocycles. The van der Waals surface area contributed by atoms with E-state index in [4.69, 9.17) is 19.5 Å². The van der Waals surface area contributed by atoms with Crippen LogP contribution in [0.2, 0.25) is 0 Å². The molecule has 0 fully saturated rings. The Hall–Kier alpha value is -5.92. The molecule has 0 saturated carbocycles. The van der Waals surface area contributed by atoms with Crippen LogP contribution in [0, 0.1) is 0 Å². The van der Waals surface area contributed by atoms with E-state index < -0.39 is 131 Å². The molecule has 8 aromatic carbocycles. The number of rotatable bonds is 5. The molecule has 46 heavy (non-hydrogen) atoms. The Labute approximate surface area is 291 Å². The van der Waals surface area contributed by atoms with Gasteiger partial charge in [0.25, 0.3) is 0 Å². The van der Waals surface area contributed by atoms with E-state index in [-0.39, 0.29) is 33.0 Å². The maximum absolute atomic E-state index is 9.47. The lowest BCUT2D eigenvalue weighted by Gasteiger charge is -2.18. The molecule has 0 atom stereocenters. The largest absolute Gasteiger partial charge is 0.456 e. The minimum atomic E-state index is -0.774. The predicted octanol–water partition coefficient (Wildman–Crippen LogP) is 12.5. The third kappa shape index (κ3) is 4.40. The molecule has 216 valence electrons. The van der Waals surface area contributed by atoms with E-state index in [1.54, 1.807) is 18.2 Å². The van der Waals surface area contributed by atoms with Gasteiger partial charge in [0.2, 0.25) is 0 Å². The Balaban J connectivity index is 1.38. The molecule has 0 saturated heterocycles. The van der Waals surface area contributed by atoms with Crippen LogP contribution >= 0.6 is 0 Å². The van der Waals surface area contributed by atoms with E-state index in [0.717, 1.165) is 21.9 Å². The van der Waals surface area contributed by atoms with Gasteiger partial charge in [-0.25, -0.2) is 0 Å². The molecule has 1 aromatic heterocycles. The van der Waals surface area contributed by atoms with Crippen LogP contribution in [-0.2, 0) is 6.42 Å². The van der Waals surface area contributed by atoms with E-state index >= 15 is 0 Å². The number of benzene rings is 8. The van der Waals surface area contributed by atoms with Crippen LogP contribution in [0.25, 0.3) is 76.9 Å². The van der Waals surface area contributed by atoms with Crippen molar-refractivity contribution in [1.29, 1.82) is 0 Å². The van der Waals surface area contributed by atoms with E-state index in [9.17, 15) is 8.22 Å².